The van der Waals surface area contributed by atoms with Crippen LogP contribution in [0.4, 0.5) is 0 Å². The molecule has 0 saturated heterocycles. The van der Waals surface area contributed by atoms with E-state index in [0.29, 0.717) is 11.5 Å². The van der Waals surface area contributed by atoms with E-state index in [1.807, 2.05) is 12.1 Å². The molecule has 1 rings (SSSR count). The first-order chi connectivity index (χ1) is 9.72. The Morgan fingerprint density at radius 2 is 1.62 bits per heavy atom. The second kappa shape index (κ2) is 7.83. The summed E-state index contributed by atoms with van der Waals surface area (Å²) in [5.74, 6) is 0.614. The Morgan fingerprint density at radius 1 is 1.00 bits per heavy atom. The number of unbranched alkanes of at least 4 members (excludes halogenated alkanes) is 4. The Morgan fingerprint density at radius 3 is 2.24 bits per heavy atom. The second-order valence-corrected chi connectivity index (χ2v) is 9.48. The van der Waals surface area contributed by atoms with E-state index < -0.39 is 14.6 Å². The zero-order chi connectivity index (χ0) is 15.9. The van der Waals surface area contributed by atoms with Gasteiger partial charge < -0.3 is 5.11 Å². The molecular formula is C17H28O3S. The molecule has 0 spiro atoms. The predicted molar refractivity (Wildman–Crippen MR) is 88.4 cm³/mol. The SMILES string of the molecule is CC(C)(C)S(=O)(=O)CCCCCCCc1cccc(O)c1. The predicted octanol–water partition coefficient (Wildman–Crippen LogP) is 4.10. The number of phenolic OH excluding ortho intramolecular Hbond substituents is 1. The number of sulfone groups is 1. The van der Waals surface area contributed by atoms with E-state index in [-0.39, 0.29) is 0 Å². The molecule has 0 fully saturated rings. The number of hydrogen-bond donors (Lipinski definition) is 1. The maximum Gasteiger partial charge on any atom is 0.155 e. The minimum atomic E-state index is -2.97. The van der Waals surface area contributed by atoms with Crippen LogP contribution in [0.15, 0.2) is 24.3 Å². The van der Waals surface area contributed by atoms with Crippen LogP contribution < -0.4 is 0 Å². The number of rotatable bonds is 8. The van der Waals surface area contributed by atoms with E-state index in [9.17, 15) is 13.5 Å². The zero-order valence-corrected chi connectivity index (χ0v) is 14.2. The summed E-state index contributed by atoms with van der Waals surface area (Å²) in [7, 11) is -2.97. The van der Waals surface area contributed by atoms with Crippen LogP contribution in [0, 0.1) is 0 Å². The van der Waals surface area contributed by atoms with Gasteiger partial charge in [-0.3, -0.25) is 0 Å². The van der Waals surface area contributed by atoms with Crippen molar-refractivity contribution in [2.24, 2.45) is 0 Å². The van der Waals surface area contributed by atoms with E-state index in [1.165, 1.54) is 0 Å². The number of phenols is 1. The minimum absolute atomic E-state index is 0.295. The first-order valence-electron chi connectivity index (χ1n) is 7.72. The van der Waals surface area contributed by atoms with Crippen molar-refractivity contribution < 1.29 is 13.5 Å². The first kappa shape index (κ1) is 18.0. The fraction of sp³-hybridized carbons (Fsp3) is 0.647. The van der Waals surface area contributed by atoms with Crippen LogP contribution in [0.5, 0.6) is 5.75 Å². The third kappa shape index (κ3) is 6.51. The fourth-order valence-electron chi connectivity index (χ4n) is 2.17. The van der Waals surface area contributed by atoms with Crippen LogP contribution in [-0.2, 0) is 16.3 Å². The van der Waals surface area contributed by atoms with Gasteiger partial charge >= 0.3 is 0 Å². The molecule has 0 radical (unpaired) electrons. The Labute approximate surface area is 129 Å². The fourth-order valence-corrected chi connectivity index (χ4v) is 3.37. The van der Waals surface area contributed by atoms with Crippen molar-refractivity contribution in [3.8, 4) is 5.75 Å². The van der Waals surface area contributed by atoms with Crippen LogP contribution >= 0.6 is 0 Å². The average Bonchev–Trinajstić information content (AvgIpc) is 2.36. The maximum atomic E-state index is 11.9. The second-order valence-electron chi connectivity index (χ2n) is 6.62. The summed E-state index contributed by atoms with van der Waals surface area (Å²) >= 11 is 0. The van der Waals surface area contributed by atoms with Crippen molar-refractivity contribution in [3.63, 3.8) is 0 Å². The molecule has 120 valence electrons. The lowest BCUT2D eigenvalue weighted by atomic mass is 10.1. The van der Waals surface area contributed by atoms with Crippen LogP contribution in [0.3, 0.4) is 0 Å². The van der Waals surface area contributed by atoms with Gasteiger partial charge in [-0.2, -0.15) is 0 Å². The van der Waals surface area contributed by atoms with E-state index in [0.717, 1.165) is 44.1 Å². The lowest BCUT2D eigenvalue weighted by molar-refractivity contribution is 0.474. The van der Waals surface area contributed by atoms with Crippen LogP contribution in [0.1, 0.15) is 58.4 Å². The molecule has 1 aromatic carbocycles. The molecule has 0 aliphatic rings. The van der Waals surface area contributed by atoms with Gasteiger partial charge in [0.15, 0.2) is 9.84 Å². The lowest BCUT2D eigenvalue weighted by Gasteiger charge is -2.18. The van der Waals surface area contributed by atoms with Gasteiger partial charge in [0.25, 0.3) is 0 Å². The summed E-state index contributed by atoms with van der Waals surface area (Å²) in [4.78, 5) is 0. The molecule has 0 aromatic heterocycles. The van der Waals surface area contributed by atoms with E-state index >= 15 is 0 Å². The molecule has 0 aliphatic carbocycles. The third-order valence-corrected chi connectivity index (χ3v) is 6.41. The van der Waals surface area contributed by atoms with Crippen molar-refractivity contribution in [1.29, 1.82) is 0 Å². The first-order valence-corrected chi connectivity index (χ1v) is 9.38. The van der Waals surface area contributed by atoms with E-state index in [1.54, 1.807) is 32.9 Å². The highest BCUT2D eigenvalue weighted by Gasteiger charge is 2.27. The molecule has 0 atom stereocenters. The van der Waals surface area contributed by atoms with E-state index in [2.05, 4.69) is 0 Å². The highest BCUT2D eigenvalue weighted by Crippen LogP contribution is 2.18. The third-order valence-electron chi connectivity index (χ3n) is 3.72. The van der Waals surface area contributed by atoms with Crippen LogP contribution in [0.2, 0.25) is 0 Å². The van der Waals surface area contributed by atoms with Gasteiger partial charge in [-0.05, 0) is 57.7 Å². The Kier molecular flexibility index (Phi) is 6.72. The number of benzene rings is 1. The highest BCUT2D eigenvalue weighted by molar-refractivity contribution is 7.92. The smallest absolute Gasteiger partial charge is 0.155 e. The Balaban J connectivity index is 2.13. The van der Waals surface area contributed by atoms with Gasteiger partial charge in [0.2, 0.25) is 0 Å². The topological polar surface area (TPSA) is 54.4 Å². The largest absolute Gasteiger partial charge is 0.508 e. The van der Waals surface area contributed by atoms with Crippen LogP contribution in [0.25, 0.3) is 0 Å². The van der Waals surface area contributed by atoms with Gasteiger partial charge in [-0.15, -0.1) is 0 Å². The molecule has 3 nitrogen and oxygen atoms in total. The van der Waals surface area contributed by atoms with Crippen molar-refractivity contribution in [2.45, 2.75) is 64.0 Å². The van der Waals surface area contributed by atoms with Crippen molar-refractivity contribution in [1.82, 2.24) is 0 Å². The van der Waals surface area contributed by atoms with Gasteiger partial charge in [0, 0.05) is 0 Å². The summed E-state index contributed by atoms with van der Waals surface area (Å²) in [6.45, 7) is 5.28. The summed E-state index contributed by atoms with van der Waals surface area (Å²) in [6.07, 6.45) is 5.94. The van der Waals surface area contributed by atoms with Crippen molar-refractivity contribution in [2.75, 3.05) is 5.75 Å². The number of hydrogen-bond acceptors (Lipinski definition) is 3. The molecule has 0 bridgehead atoms. The van der Waals surface area contributed by atoms with Crippen molar-refractivity contribution in [3.05, 3.63) is 29.8 Å². The molecule has 1 aromatic rings. The van der Waals surface area contributed by atoms with Crippen LogP contribution in [-0.4, -0.2) is 24.0 Å². The number of aryl methyl sites for hydroxylation is 1. The van der Waals surface area contributed by atoms with Crippen molar-refractivity contribution >= 4 is 9.84 Å². The monoisotopic (exact) mass is 312 g/mol. The standard InChI is InChI=1S/C17H28O3S/c1-17(2,3)21(19,20)13-8-6-4-5-7-10-15-11-9-12-16(18)14-15/h9,11-12,14,18H,4-8,10,13H2,1-3H3. The molecule has 0 unspecified atom stereocenters. The molecule has 1 N–H and O–H groups in total. The van der Waals surface area contributed by atoms with Gasteiger partial charge in [-0.1, -0.05) is 31.4 Å². The van der Waals surface area contributed by atoms with E-state index in [4.69, 9.17) is 0 Å². The quantitative estimate of drug-likeness (QED) is 0.735. The maximum absolute atomic E-state index is 11.9. The Bertz CT molecular complexity index is 527. The Hall–Kier alpha value is -1.03. The van der Waals surface area contributed by atoms with Gasteiger partial charge in [0.1, 0.15) is 5.75 Å². The highest BCUT2D eigenvalue weighted by atomic mass is 32.2. The summed E-state index contributed by atoms with van der Waals surface area (Å²) in [6, 6.07) is 7.37. The zero-order valence-electron chi connectivity index (χ0n) is 13.4. The average molecular weight is 312 g/mol. The lowest BCUT2D eigenvalue weighted by Crippen LogP contribution is -2.30. The van der Waals surface area contributed by atoms with Gasteiger partial charge in [0.05, 0.1) is 10.5 Å². The molecule has 21 heavy (non-hydrogen) atoms. The molecule has 0 heterocycles. The molecule has 4 heteroatoms. The summed E-state index contributed by atoms with van der Waals surface area (Å²) < 4.78 is 23.2. The number of aromatic hydroxyl groups is 1. The minimum Gasteiger partial charge on any atom is -0.508 e. The molecule has 0 saturated carbocycles. The summed E-state index contributed by atoms with van der Waals surface area (Å²) in [5.41, 5.74) is 1.16. The normalized spacial score (nSPS) is 12.5. The summed E-state index contributed by atoms with van der Waals surface area (Å²) in [5, 5.41) is 9.37. The molecule has 0 amide bonds. The van der Waals surface area contributed by atoms with Gasteiger partial charge in [-0.25, -0.2) is 8.42 Å². The molecular weight excluding hydrogens is 284 g/mol. The molecule has 0 aliphatic heterocycles.